The maximum atomic E-state index is 5.38. The highest BCUT2D eigenvalue weighted by atomic mass is 32.2. The van der Waals surface area contributed by atoms with Crippen molar-refractivity contribution < 1.29 is 9.47 Å². The molecule has 0 aromatic carbocycles. The van der Waals surface area contributed by atoms with Crippen LogP contribution < -0.4 is 0 Å². The normalized spacial score (nSPS) is 51.0. The maximum Gasteiger partial charge on any atom is 0.156 e. The van der Waals surface area contributed by atoms with Crippen molar-refractivity contribution in [1.82, 2.24) is 0 Å². The number of methoxy groups -OCH3 is 2. The Labute approximate surface area is 69.0 Å². The molecule has 4 heteroatoms. The lowest BCUT2D eigenvalue weighted by Gasteiger charge is -2.12. The smallest absolute Gasteiger partial charge is 0.156 e. The molecule has 2 rings (SSSR count). The molecule has 1 aliphatic carbocycles. The van der Waals surface area contributed by atoms with Gasteiger partial charge < -0.3 is 9.47 Å². The highest BCUT2D eigenvalue weighted by Gasteiger charge is 2.74. The van der Waals surface area contributed by atoms with Gasteiger partial charge in [-0.3, -0.25) is 0 Å². The van der Waals surface area contributed by atoms with Crippen molar-refractivity contribution in [3.63, 3.8) is 0 Å². The van der Waals surface area contributed by atoms with Crippen LogP contribution >= 0.6 is 23.5 Å². The van der Waals surface area contributed by atoms with Crippen LogP contribution in [0.5, 0.6) is 0 Å². The van der Waals surface area contributed by atoms with Crippen LogP contribution in [0.3, 0.4) is 0 Å². The van der Waals surface area contributed by atoms with Crippen LogP contribution in [0.1, 0.15) is 6.42 Å². The molecule has 0 spiro atoms. The van der Waals surface area contributed by atoms with E-state index < -0.39 is 0 Å². The third kappa shape index (κ3) is 0.656. The molecule has 58 valence electrons. The largest absolute Gasteiger partial charge is 0.363 e. The van der Waals surface area contributed by atoms with E-state index in [0.29, 0.717) is 0 Å². The summed E-state index contributed by atoms with van der Waals surface area (Å²) in [5, 5.41) is 1.10. The van der Waals surface area contributed by atoms with Gasteiger partial charge in [0.1, 0.15) is 0 Å². The Morgan fingerprint density at radius 2 is 1.60 bits per heavy atom. The second-order valence-corrected chi connectivity index (χ2v) is 5.34. The summed E-state index contributed by atoms with van der Waals surface area (Å²) in [6.07, 6.45) is 1.04. The van der Waals surface area contributed by atoms with E-state index in [1.165, 1.54) is 0 Å². The molecular formula is C6H10O2S2. The summed E-state index contributed by atoms with van der Waals surface area (Å²) in [4.78, 5) is 0.0127. The fourth-order valence-corrected chi connectivity index (χ4v) is 5.03. The molecule has 10 heavy (non-hydrogen) atoms. The molecular weight excluding hydrogens is 168 g/mol. The third-order valence-corrected chi connectivity index (χ3v) is 5.45. The number of ether oxygens (including phenoxy) is 2. The first-order valence-corrected chi connectivity index (χ1v) is 5.14. The van der Waals surface area contributed by atoms with Crippen LogP contribution in [0.25, 0.3) is 0 Å². The van der Waals surface area contributed by atoms with E-state index >= 15 is 0 Å². The van der Waals surface area contributed by atoms with Crippen LogP contribution in [0.15, 0.2) is 0 Å². The Morgan fingerprint density at radius 3 is 1.90 bits per heavy atom. The monoisotopic (exact) mass is 178 g/mol. The topological polar surface area (TPSA) is 18.5 Å². The summed E-state index contributed by atoms with van der Waals surface area (Å²) >= 11 is 3.72. The fourth-order valence-electron chi connectivity index (χ4n) is 1.38. The minimum absolute atomic E-state index is 0.00637. The predicted molar refractivity (Wildman–Crippen MR) is 44.1 cm³/mol. The number of thioether (sulfide) groups is 2. The average molecular weight is 178 g/mol. The molecule has 0 aromatic heterocycles. The van der Waals surface area contributed by atoms with E-state index in [1.54, 1.807) is 14.2 Å². The zero-order valence-corrected chi connectivity index (χ0v) is 7.68. The number of hydrogen-bond donors (Lipinski definition) is 0. The summed E-state index contributed by atoms with van der Waals surface area (Å²) in [7, 11) is 3.53. The second kappa shape index (κ2) is 2.06. The van der Waals surface area contributed by atoms with E-state index in [1.807, 2.05) is 23.5 Å². The van der Waals surface area contributed by atoms with Gasteiger partial charge in [0.25, 0.3) is 0 Å². The highest BCUT2D eigenvalue weighted by Crippen LogP contribution is 2.72. The molecule has 1 saturated heterocycles. The van der Waals surface area contributed by atoms with Gasteiger partial charge in [-0.1, -0.05) is 0 Å². The lowest BCUT2D eigenvalue weighted by Crippen LogP contribution is -2.18. The molecule has 0 bridgehead atoms. The molecule has 2 fully saturated rings. The van der Waals surface area contributed by atoms with Crippen LogP contribution in [-0.4, -0.2) is 29.2 Å². The molecule has 2 nitrogen and oxygen atoms in total. The van der Waals surface area contributed by atoms with Crippen LogP contribution in [0.4, 0.5) is 0 Å². The van der Waals surface area contributed by atoms with Gasteiger partial charge in [0.15, 0.2) is 9.87 Å². The first-order valence-electron chi connectivity index (χ1n) is 3.17. The quantitative estimate of drug-likeness (QED) is 0.638. The van der Waals surface area contributed by atoms with Gasteiger partial charge in [-0.15, -0.1) is 23.5 Å². The van der Waals surface area contributed by atoms with E-state index in [4.69, 9.17) is 9.47 Å². The first kappa shape index (κ1) is 7.28. The van der Waals surface area contributed by atoms with Gasteiger partial charge in [0, 0.05) is 25.7 Å². The Hall–Kier alpha value is 0.620. The summed E-state index contributed by atoms with van der Waals surface area (Å²) in [6.45, 7) is 0. The van der Waals surface area contributed by atoms with Crippen LogP contribution in [-0.2, 0) is 9.47 Å². The Balaban J connectivity index is 2.15. The number of rotatable bonds is 2. The maximum absolute atomic E-state index is 5.38. The van der Waals surface area contributed by atoms with E-state index in [9.17, 15) is 0 Å². The molecule has 0 radical (unpaired) electrons. The third-order valence-electron chi connectivity index (χ3n) is 2.16. The number of hydrogen-bond acceptors (Lipinski definition) is 4. The minimum atomic E-state index is 0.00637. The molecule has 1 aliphatic heterocycles. The molecule has 0 amide bonds. The molecule has 0 aromatic rings. The van der Waals surface area contributed by atoms with Gasteiger partial charge in [-0.05, 0) is 0 Å². The zero-order chi connectivity index (χ0) is 7.24. The molecule has 2 unspecified atom stereocenters. The highest BCUT2D eigenvalue weighted by molar-refractivity contribution is 8.21. The fraction of sp³-hybridized carbons (Fsp3) is 1.00. The van der Waals surface area contributed by atoms with Gasteiger partial charge in [-0.25, -0.2) is 0 Å². The van der Waals surface area contributed by atoms with Gasteiger partial charge in [0.05, 0.1) is 0 Å². The Morgan fingerprint density at radius 1 is 1.10 bits per heavy atom. The van der Waals surface area contributed by atoms with Crippen molar-refractivity contribution in [2.45, 2.75) is 16.3 Å². The lowest BCUT2D eigenvalue weighted by atomic mass is 10.7. The molecule has 2 atom stereocenters. The first-order chi connectivity index (χ1) is 4.79. The molecule has 0 N–H and O–H groups in total. The van der Waals surface area contributed by atoms with Crippen molar-refractivity contribution in [2.75, 3.05) is 19.3 Å². The van der Waals surface area contributed by atoms with Crippen molar-refractivity contribution in [1.29, 1.82) is 0 Å². The Kier molecular flexibility index (Phi) is 1.50. The van der Waals surface area contributed by atoms with Crippen molar-refractivity contribution in [3.05, 3.63) is 0 Å². The van der Waals surface area contributed by atoms with E-state index in [-0.39, 0.29) is 9.87 Å². The van der Waals surface area contributed by atoms with Gasteiger partial charge in [0.2, 0.25) is 0 Å². The van der Waals surface area contributed by atoms with Crippen LogP contribution in [0.2, 0.25) is 0 Å². The van der Waals surface area contributed by atoms with Crippen molar-refractivity contribution in [3.8, 4) is 0 Å². The summed E-state index contributed by atoms with van der Waals surface area (Å²) < 4.78 is 10.8. The predicted octanol–water partition coefficient (Wildman–Crippen LogP) is 1.51. The molecule has 1 heterocycles. The van der Waals surface area contributed by atoms with Crippen molar-refractivity contribution >= 4 is 23.5 Å². The molecule has 2 aliphatic rings. The van der Waals surface area contributed by atoms with E-state index in [2.05, 4.69) is 0 Å². The van der Waals surface area contributed by atoms with Gasteiger partial charge >= 0.3 is 0 Å². The average Bonchev–Trinajstić information content (AvgIpc) is 2.51. The van der Waals surface area contributed by atoms with E-state index in [0.717, 1.165) is 11.5 Å². The summed E-state index contributed by atoms with van der Waals surface area (Å²) in [6, 6.07) is 0. The minimum Gasteiger partial charge on any atom is -0.363 e. The second-order valence-electron chi connectivity index (χ2n) is 2.50. The number of fused-ring (bicyclic) bond motifs is 1. The SMILES string of the molecule is COC12CC1(OC)SCS2. The summed E-state index contributed by atoms with van der Waals surface area (Å²) in [5.74, 6) is 0. The molecule has 1 saturated carbocycles. The zero-order valence-electron chi connectivity index (χ0n) is 6.05. The standard InChI is InChI=1S/C6H10O2S2/c1-7-5-3-6(5,8-2)10-4-9-5/h3-4H2,1-2H3. The lowest BCUT2D eigenvalue weighted by molar-refractivity contribution is 0.0629. The van der Waals surface area contributed by atoms with Crippen molar-refractivity contribution in [2.24, 2.45) is 0 Å². The Bertz CT molecular complexity index is 148. The van der Waals surface area contributed by atoms with Gasteiger partial charge in [-0.2, -0.15) is 0 Å². The summed E-state index contributed by atoms with van der Waals surface area (Å²) in [5.41, 5.74) is 0. The van der Waals surface area contributed by atoms with Crippen LogP contribution in [0, 0.1) is 0 Å².